The van der Waals surface area contributed by atoms with Gasteiger partial charge in [-0.2, -0.15) is 0 Å². The zero-order valence-corrected chi connectivity index (χ0v) is 10.1. The fraction of sp³-hybridized carbons (Fsp3) is 0.462. The summed E-state index contributed by atoms with van der Waals surface area (Å²) in [7, 11) is 1.57. The van der Waals surface area contributed by atoms with Crippen LogP contribution in [0.5, 0.6) is 5.75 Å². The second-order valence-corrected chi connectivity index (χ2v) is 4.14. The third kappa shape index (κ3) is 3.57. The first-order valence-electron chi connectivity index (χ1n) is 5.56. The molecular weight excluding hydrogens is 202 g/mol. The molecule has 0 atom stereocenters. The van der Waals surface area contributed by atoms with Crippen LogP contribution >= 0.6 is 0 Å². The van der Waals surface area contributed by atoms with Gasteiger partial charge >= 0.3 is 0 Å². The van der Waals surface area contributed by atoms with E-state index in [-0.39, 0.29) is 5.91 Å². The largest absolute Gasteiger partial charge is 0.496 e. The first kappa shape index (κ1) is 12.6. The first-order valence-corrected chi connectivity index (χ1v) is 5.56. The number of ether oxygens (including phenoxy) is 1. The molecule has 16 heavy (non-hydrogen) atoms. The Kier molecular flexibility index (Phi) is 4.83. The third-order valence-corrected chi connectivity index (χ3v) is 2.36. The number of para-hydroxylation sites is 1. The van der Waals surface area contributed by atoms with E-state index in [0.717, 1.165) is 6.42 Å². The molecule has 0 spiro atoms. The summed E-state index contributed by atoms with van der Waals surface area (Å²) in [5, 5.41) is 2.89. The number of amides is 1. The van der Waals surface area contributed by atoms with Crippen molar-refractivity contribution < 1.29 is 9.53 Å². The van der Waals surface area contributed by atoms with Crippen LogP contribution in [0.2, 0.25) is 0 Å². The zero-order chi connectivity index (χ0) is 12.0. The summed E-state index contributed by atoms with van der Waals surface area (Å²) in [6.07, 6.45) is 0.987. The Morgan fingerprint density at radius 3 is 2.69 bits per heavy atom. The average Bonchev–Trinajstić information content (AvgIpc) is 2.28. The Hall–Kier alpha value is -1.51. The summed E-state index contributed by atoms with van der Waals surface area (Å²) in [6, 6.07) is 7.24. The molecule has 3 nitrogen and oxygen atoms in total. The van der Waals surface area contributed by atoms with E-state index in [1.807, 2.05) is 12.1 Å². The van der Waals surface area contributed by atoms with Crippen LogP contribution in [0.3, 0.4) is 0 Å². The van der Waals surface area contributed by atoms with Crippen molar-refractivity contribution >= 4 is 5.91 Å². The van der Waals surface area contributed by atoms with Crippen molar-refractivity contribution in [2.45, 2.75) is 20.3 Å². The molecule has 1 rings (SSSR count). The predicted molar refractivity (Wildman–Crippen MR) is 64.8 cm³/mol. The lowest BCUT2D eigenvalue weighted by atomic mass is 10.1. The summed E-state index contributed by atoms with van der Waals surface area (Å²) in [5.41, 5.74) is 0.591. The molecule has 0 aliphatic rings. The Bertz CT molecular complexity index is 348. The molecule has 1 N–H and O–H groups in total. The summed E-state index contributed by atoms with van der Waals surface area (Å²) >= 11 is 0. The highest BCUT2D eigenvalue weighted by molar-refractivity contribution is 5.96. The SMILES string of the molecule is COc1ccccc1C(=O)NCCC(C)C. The van der Waals surface area contributed by atoms with Gasteiger partial charge < -0.3 is 10.1 Å². The minimum absolute atomic E-state index is 0.0712. The van der Waals surface area contributed by atoms with Gasteiger partial charge in [0.1, 0.15) is 5.75 Å². The van der Waals surface area contributed by atoms with Crippen LogP contribution in [-0.4, -0.2) is 19.6 Å². The molecule has 3 heteroatoms. The van der Waals surface area contributed by atoms with E-state index in [4.69, 9.17) is 4.74 Å². The van der Waals surface area contributed by atoms with Crippen LogP contribution in [-0.2, 0) is 0 Å². The Balaban J connectivity index is 2.59. The number of nitrogens with one attached hydrogen (secondary N) is 1. The van der Waals surface area contributed by atoms with Gasteiger partial charge in [0.05, 0.1) is 12.7 Å². The van der Waals surface area contributed by atoms with Crippen LogP contribution < -0.4 is 10.1 Å². The molecule has 0 bridgehead atoms. The van der Waals surface area contributed by atoms with Crippen molar-refractivity contribution in [2.75, 3.05) is 13.7 Å². The second kappa shape index (κ2) is 6.16. The van der Waals surface area contributed by atoms with Crippen molar-refractivity contribution in [2.24, 2.45) is 5.92 Å². The lowest BCUT2D eigenvalue weighted by Gasteiger charge is -2.09. The normalized spacial score (nSPS) is 10.2. The number of rotatable bonds is 5. The standard InChI is InChI=1S/C13H19NO2/c1-10(2)8-9-14-13(15)11-6-4-5-7-12(11)16-3/h4-7,10H,8-9H2,1-3H3,(H,14,15). The zero-order valence-electron chi connectivity index (χ0n) is 10.1. The van der Waals surface area contributed by atoms with Gasteiger partial charge in [-0.1, -0.05) is 26.0 Å². The quantitative estimate of drug-likeness (QED) is 0.829. The average molecular weight is 221 g/mol. The van der Waals surface area contributed by atoms with Crippen LogP contribution in [0.15, 0.2) is 24.3 Å². The van der Waals surface area contributed by atoms with Gasteiger partial charge in [0.15, 0.2) is 0 Å². The Morgan fingerprint density at radius 1 is 1.38 bits per heavy atom. The number of benzene rings is 1. The van der Waals surface area contributed by atoms with Crippen LogP contribution in [0, 0.1) is 5.92 Å². The molecule has 0 fully saturated rings. The molecule has 0 heterocycles. The molecule has 0 aliphatic heterocycles. The van der Waals surface area contributed by atoms with Crippen LogP contribution in [0.25, 0.3) is 0 Å². The lowest BCUT2D eigenvalue weighted by Crippen LogP contribution is -2.25. The van der Waals surface area contributed by atoms with Gasteiger partial charge in [-0.05, 0) is 24.5 Å². The summed E-state index contributed by atoms with van der Waals surface area (Å²) in [4.78, 5) is 11.8. The Morgan fingerprint density at radius 2 is 2.06 bits per heavy atom. The molecule has 0 radical (unpaired) electrons. The number of methoxy groups -OCH3 is 1. The summed E-state index contributed by atoms with van der Waals surface area (Å²) in [6.45, 7) is 4.97. The molecule has 1 aromatic carbocycles. The molecule has 0 saturated carbocycles. The van der Waals surface area contributed by atoms with Crippen LogP contribution in [0.1, 0.15) is 30.6 Å². The maximum Gasteiger partial charge on any atom is 0.255 e. The fourth-order valence-corrected chi connectivity index (χ4v) is 1.40. The molecule has 0 saturated heterocycles. The molecule has 0 aliphatic carbocycles. The lowest BCUT2D eigenvalue weighted by molar-refractivity contribution is 0.0949. The molecule has 0 unspecified atom stereocenters. The minimum Gasteiger partial charge on any atom is -0.496 e. The number of hydrogen-bond acceptors (Lipinski definition) is 2. The van der Waals surface area contributed by atoms with Crippen molar-refractivity contribution in [3.8, 4) is 5.75 Å². The van der Waals surface area contributed by atoms with Crippen molar-refractivity contribution in [3.05, 3.63) is 29.8 Å². The molecular formula is C13H19NO2. The van der Waals surface area contributed by atoms with Gasteiger partial charge in [0.2, 0.25) is 0 Å². The maximum absolute atomic E-state index is 11.8. The van der Waals surface area contributed by atoms with Crippen molar-refractivity contribution in [1.82, 2.24) is 5.32 Å². The van der Waals surface area contributed by atoms with Crippen molar-refractivity contribution in [1.29, 1.82) is 0 Å². The van der Waals surface area contributed by atoms with E-state index >= 15 is 0 Å². The topological polar surface area (TPSA) is 38.3 Å². The number of carbonyl (C=O) groups excluding carboxylic acids is 1. The summed E-state index contributed by atoms with van der Waals surface area (Å²) < 4.78 is 5.13. The number of hydrogen-bond donors (Lipinski definition) is 1. The number of carbonyl (C=O) groups is 1. The molecule has 1 amide bonds. The van der Waals surface area contributed by atoms with Crippen LogP contribution in [0.4, 0.5) is 0 Å². The molecule has 1 aromatic rings. The van der Waals surface area contributed by atoms with E-state index in [1.54, 1.807) is 19.2 Å². The van der Waals surface area contributed by atoms with Gasteiger partial charge in [-0.3, -0.25) is 4.79 Å². The van der Waals surface area contributed by atoms with Gasteiger partial charge in [-0.25, -0.2) is 0 Å². The fourth-order valence-electron chi connectivity index (χ4n) is 1.40. The predicted octanol–water partition coefficient (Wildman–Crippen LogP) is 2.47. The minimum atomic E-state index is -0.0712. The van der Waals surface area contributed by atoms with E-state index in [1.165, 1.54) is 0 Å². The molecule has 0 aromatic heterocycles. The maximum atomic E-state index is 11.8. The Labute approximate surface area is 96.8 Å². The smallest absolute Gasteiger partial charge is 0.255 e. The van der Waals surface area contributed by atoms with E-state index in [0.29, 0.717) is 23.8 Å². The summed E-state index contributed by atoms with van der Waals surface area (Å²) in [5.74, 6) is 1.14. The van der Waals surface area contributed by atoms with Gasteiger partial charge in [-0.15, -0.1) is 0 Å². The van der Waals surface area contributed by atoms with E-state index in [9.17, 15) is 4.79 Å². The third-order valence-electron chi connectivity index (χ3n) is 2.36. The monoisotopic (exact) mass is 221 g/mol. The van der Waals surface area contributed by atoms with E-state index < -0.39 is 0 Å². The highest BCUT2D eigenvalue weighted by Gasteiger charge is 2.10. The van der Waals surface area contributed by atoms with Gasteiger partial charge in [0.25, 0.3) is 5.91 Å². The van der Waals surface area contributed by atoms with E-state index in [2.05, 4.69) is 19.2 Å². The second-order valence-electron chi connectivity index (χ2n) is 4.14. The first-order chi connectivity index (χ1) is 7.65. The van der Waals surface area contributed by atoms with Crippen molar-refractivity contribution in [3.63, 3.8) is 0 Å². The highest BCUT2D eigenvalue weighted by Crippen LogP contribution is 2.16. The molecule has 88 valence electrons. The van der Waals surface area contributed by atoms with Gasteiger partial charge in [0, 0.05) is 6.54 Å². The highest BCUT2D eigenvalue weighted by atomic mass is 16.5.